The van der Waals surface area contributed by atoms with Crippen molar-refractivity contribution >= 4 is 15.9 Å². The monoisotopic (exact) mass is 289 g/mol. The molecule has 0 aliphatic heterocycles. The number of halogens is 3. The molecule has 0 unspecified atom stereocenters. The number of hydrogen-bond acceptors (Lipinski definition) is 2. The normalized spacial score (nSPS) is 10.2. The summed E-state index contributed by atoms with van der Waals surface area (Å²) in [6.07, 6.45) is 5.07. The van der Waals surface area contributed by atoms with Gasteiger partial charge in [0.25, 0.3) is 0 Å². The van der Waals surface area contributed by atoms with E-state index in [1.807, 2.05) is 0 Å². The summed E-state index contributed by atoms with van der Waals surface area (Å²) in [4.78, 5) is 0. The van der Waals surface area contributed by atoms with Gasteiger partial charge in [-0.05, 0) is 18.2 Å². The molecular formula is C11H10BrF2NO. The largest absolute Gasteiger partial charge is 0.434 e. The Hall–Kier alpha value is -1.12. The molecule has 0 spiro atoms. The van der Waals surface area contributed by atoms with E-state index < -0.39 is 6.61 Å². The van der Waals surface area contributed by atoms with Gasteiger partial charge in [0.1, 0.15) is 5.75 Å². The fourth-order valence-corrected chi connectivity index (χ4v) is 1.57. The number of nitrogens with one attached hydrogen (secondary N) is 1. The molecule has 2 nitrogen and oxygen atoms in total. The van der Waals surface area contributed by atoms with Crippen LogP contribution in [0.3, 0.4) is 0 Å². The second-order valence-electron chi connectivity index (χ2n) is 2.94. The SMILES string of the molecule is C#CCNCc1cc(Br)ccc1OC(F)F. The highest BCUT2D eigenvalue weighted by Gasteiger charge is 2.09. The summed E-state index contributed by atoms with van der Waals surface area (Å²) in [5.41, 5.74) is 0.630. The summed E-state index contributed by atoms with van der Waals surface area (Å²) in [5, 5.41) is 2.91. The predicted molar refractivity (Wildman–Crippen MR) is 61.3 cm³/mol. The van der Waals surface area contributed by atoms with Crippen molar-refractivity contribution in [1.29, 1.82) is 0 Å². The zero-order valence-corrected chi connectivity index (χ0v) is 9.93. The first kappa shape index (κ1) is 12.9. The van der Waals surface area contributed by atoms with Gasteiger partial charge in [0.15, 0.2) is 0 Å². The molecule has 1 aromatic rings. The highest BCUT2D eigenvalue weighted by atomic mass is 79.9. The molecule has 0 atom stereocenters. The summed E-state index contributed by atoms with van der Waals surface area (Å²) >= 11 is 3.26. The molecule has 0 amide bonds. The predicted octanol–water partition coefficient (Wildman–Crippen LogP) is 2.77. The van der Waals surface area contributed by atoms with Crippen LogP contribution in [0.4, 0.5) is 8.78 Å². The van der Waals surface area contributed by atoms with Crippen LogP contribution in [-0.2, 0) is 6.54 Å². The molecule has 0 saturated carbocycles. The van der Waals surface area contributed by atoms with Crippen molar-refractivity contribution in [2.45, 2.75) is 13.2 Å². The second-order valence-corrected chi connectivity index (χ2v) is 3.85. The van der Waals surface area contributed by atoms with Crippen molar-refractivity contribution in [1.82, 2.24) is 5.32 Å². The third-order valence-corrected chi connectivity index (χ3v) is 2.27. The summed E-state index contributed by atoms with van der Waals surface area (Å²) < 4.78 is 29.4. The minimum atomic E-state index is -2.83. The molecule has 0 bridgehead atoms. The Morgan fingerprint density at radius 2 is 2.25 bits per heavy atom. The molecule has 1 N–H and O–H groups in total. The Morgan fingerprint density at radius 3 is 2.88 bits per heavy atom. The van der Waals surface area contributed by atoms with Crippen molar-refractivity contribution in [3.63, 3.8) is 0 Å². The van der Waals surface area contributed by atoms with Gasteiger partial charge in [0.05, 0.1) is 6.54 Å². The molecular weight excluding hydrogens is 280 g/mol. The van der Waals surface area contributed by atoms with Gasteiger partial charge in [0.2, 0.25) is 0 Å². The molecule has 0 radical (unpaired) electrons. The zero-order valence-electron chi connectivity index (χ0n) is 8.34. The lowest BCUT2D eigenvalue weighted by Gasteiger charge is -2.11. The Morgan fingerprint density at radius 1 is 1.50 bits per heavy atom. The molecule has 0 aliphatic rings. The summed E-state index contributed by atoms with van der Waals surface area (Å²) in [5.74, 6) is 2.56. The van der Waals surface area contributed by atoms with Crippen molar-refractivity contribution in [3.05, 3.63) is 28.2 Å². The van der Waals surface area contributed by atoms with E-state index >= 15 is 0 Å². The molecule has 0 fully saturated rings. The van der Waals surface area contributed by atoms with E-state index in [4.69, 9.17) is 6.42 Å². The smallest absolute Gasteiger partial charge is 0.387 e. The Kier molecular flexibility index (Phi) is 5.23. The van der Waals surface area contributed by atoms with Gasteiger partial charge >= 0.3 is 6.61 Å². The number of alkyl halides is 2. The lowest BCUT2D eigenvalue weighted by Crippen LogP contribution is -2.14. The maximum absolute atomic E-state index is 12.1. The van der Waals surface area contributed by atoms with E-state index in [0.29, 0.717) is 18.7 Å². The number of hydrogen-bond donors (Lipinski definition) is 1. The van der Waals surface area contributed by atoms with Crippen molar-refractivity contribution < 1.29 is 13.5 Å². The molecule has 1 aromatic carbocycles. The van der Waals surface area contributed by atoms with Gasteiger partial charge in [0, 0.05) is 16.6 Å². The Balaban J connectivity index is 2.77. The number of benzene rings is 1. The van der Waals surface area contributed by atoms with E-state index in [-0.39, 0.29) is 5.75 Å². The number of ether oxygens (including phenoxy) is 1. The summed E-state index contributed by atoms with van der Waals surface area (Å²) in [6, 6.07) is 4.84. The fraction of sp³-hybridized carbons (Fsp3) is 0.273. The molecule has 0 aromatic heterocycles. The van der Waals surface area contributed by atoms with Crippen LogP contribution in [0.1, 0.15) is 5.56 Å². The molecule has 86 valence electrons. The van der Waals surface area contributed by atoms with Crippen LogP contribution >= 0.6 is 15.9 Å². The van der Waals surface area contributed by atoms with Crippen LogP contribution < -0.4 is 10.1 Å². The van der Waals surface area contributed by atoms with Gasteiger partial charge in [-0.3, -0.25) is 0 Å². The minimum absolute atomic E-state index is 0.155. The van der Waals surface area contributed by atoms with E-state index in [0.717, 1.165) is 4.47 Å². The van der Waals surface area contributed by atoms with Crippen LogP contribution in [0.2, 0.25) is 0 Å². The van der Waals surface area contributed by atoms with E-state index in [1.165, 1.54) is 6.07 Å². The average Bonchev–Trinajstić information content (AvgIpc) is 2.22. The van der Waals surface area contributed by atoms with Gasteiger partial charge < -0.3 is 10.1 Å². The molecule has 5 heteroatoms. The van der Waals surface area contributed by atoms with Crippen molar-refractivity contribution in [3.8, 4) is 18.1 Å². The molecule has 1 rings (SSSR count). The summed E-state index contributed by atoms with van der Waals surface area (Å²) in [7, 11) is 0. The quantitative estimate of drug-likeness (QED) is 0.665. The third kappa shape index (κ3) is 4.17. The lowest BCUT2D eigenvalue weighted by molar-refractivity contribution is -0.0505. The van der Waals surface area contributed by atoms with Crippen LogP contribution in [0.15, 0.2) is 22.7 Å². The first-order valence-corrected chi connectivity index (χ1v) is 5.30. The van der Waals surface area contributed by atoms with Crippen molar-refractivity contribution in [2.75, 3.05) is 6.54 Å². The van der Waals surface area contributed by atoms with Gasteiger partial charge in [-0.25, -0.2) is 0 Å². The third-order valence-electron chi connectivity index (χ3n) is 1.78. The fourth-order valence-electron chi connectivity index (χ4n) is 1.17. The molecule has 0 aliphatic carbocycles. The average molecular weight is 290 g/mol. The summed E-state index contributed by atoms with van der Waals surface area (Å²) in [6.45, 7) is -2.07. The highest BCUT2D eigenvalue weighted by molar-refractivity contribution is 9.10. The zero-order chi connectivity index (χ0) is 12.0. The first-order chi connectivity index (χ1) is 7.63. The highest BCUT2D eigenvalue weighted by Crippen LogP contribution is 2.24. The number of terminal acetylenes is 1. The van der Waals surface area contributed by atoms with Crippen LogP contribution in [0, 0.1) is 12.3 Å². The standard InChI is InChI=1S/C11H10BrF2NO/c1-2-5-15-7-8-6-9(12)3-4-10(8)16-11(13)14/h1,3-4,6,11,15H,5,7H2. The van der Waals surface area contributed by atoms with Crippen molar-refractivity contribution in [2.24, 2.45) is 0 Å². The minimum Gasteiger partial charge on any atom is -0.434 e. The lowest BCUT2D eigenvalue weighted by atomic mass is 10.2. The molecule has 0 heterocycles. The Bertz CT molecular complexity index is 390. The Labute approximate surface area is 101 Å². The first-order valence-electron chi connectivity index (χ1n) is 4.51. The topological polar surface area (TPSA) is 21.3 Å². The van der Waals surface area contributed by atoms with Crippen LogP contribution in [0.25, 0.3) is 0 Å². The van der Waals surface area contributed by atoms with Crippen LogP contribution in [0.5, 0.6) is 5.75 Å². The van der Waals surface area contributed by atoms with Crippen LogP contribution in [-0.4, -0.2) is 13.2 Å². The molecule has 0 saturated heterocycles. The van der Waals surface area contributed by atoms with E-state index in [1.54, 1.807) is 12.1 Å². The van der Waals surface area contributed by atoms with Gasteiger partial charge in [-0.2, -0.15) is 8.78 Å². The maximum atomic E-state index is 12.1. The second kappa shape index (κ2) is 6.46. The number of rotatable bonds is 5. The molecule has 16 heavy (non-hydrogen) atoms. The van der Waals surface area contributed by atoms with E-state index in [2.05, 4.69) is 31.9 Å². The maximum Gasteiger partial charge on any atom is 0.387 e. The van der Waals surface area contributed by atoms with Gasteiger partial charge in [-0.1, -0.05) is 21.9 Å². The van der Waals surface area contributed by atoms with E-state index in [9.17, 15) is 8.78 Å². The van der Waals surface area contributed by atoms with Gasteiger partial charge in [-0.15, -0.1) is 6.42 Å².